The first-order chi connectivity index (χ1) is 6.36. The van der Waals surface area contributed by atoms with Gasteiger partial charge in [-0.15, -0.1) is 0 Å². The van der Waals surface area contributed by atoms with Crippen LogP contribution in [0.15, 0.2) is 28.8 Å². The molecular weight excluding hydrogens is 191 g/mol. The van der Waals surface area contributed by atoms with E-state index in [9.17, 15) is 13.2 Å². The van der Waals surface area contributed by atoms with Crippen LogP contribution in [0.25, 0.3) is 0 Å². The molecule has 1 aliphatic heterocycles. The minimum Gasteiger partial charge on any atom is -0.338 e. The van der Waals surface area contributed by atoms with Crippen LogP contribution in [0.3, 0.4) is 0 Å². The van der Waals surface area contributed by atoms with Gasteiger partial charge < -0.3 is 4.90 Å². The maximum Gasteiger partial charge on any atom is 0.431 e. The quantitative estimate of drug-likeness (QED) is 0.591. The molecule has 0 fully saturated rings. The Morgan fingerprint density at radius 2 is 2.00 bits per heavy atom. The van der Waals surface area contributed by atoms with Crippen LogP contribution in [0.2, 0.25) is 0 Å². The second-order valence-corrected chi connectivity index (χ2v) is 3.18. The van der Waals surface area contributed by atoms with Gasteiger partial charge in [0.15, 0.2) is 0 Å². The molecule has 0 spiro atoms. The third-order valence-corrected chi connectivity index (χ3v) is 2.19. The molecule has 0 aromatic carbocycles. The molecule has 0 saturated carbocycles. The van der Waals surface area contributed by atoms with Crippen molar-refractivity contribution in [3.8, 4) is 0 Å². The fraction of sp³-hybridized carbons (Fsp3) is 0.500. The Morgan fingerprint density at radius 1 is 1.43 bits per heavy atom. The number of allylic oxidation sites excluding steroid dienone is 3. The van der Waals surface area contributed by atoms with Crippen molar-refractivity contribution >= 4 is 0 Å². The van der Waals surface area contributed by atoms with Gasteiger partial charge in [-0.1, -0.05) is 12.7 Å². The number of hydrogen-bond donors (Lipinski definition) is 0. The van der Waals surface area contributed by atoms with Gasteiger partial charge in [-0.05, 0) is 25.0 Å². The van der Waals surface area contributed by atoms with Gasteiger partial charge >= 0.3 is 6.18 Å². The molecule has 14 heavy (non-hydrogen) atoms. The number of alkyl halides is 3. The van der Waals surface area contributed by atoms with Crippen molar-refractivity contribution in [3.05, 3.63) is 28.8 Å². The summed E-state index contributed by atoms with van der Waals surface area (Å²) in [4.78, 5) is 1.11. The van der Waals surface area contributed by atoms with Gasteiger partial charge in [0.2, 0.25) is 0 Å². The molecule has 0 N–H and O–H groups in total. The van der Waals surface area contributed by atoms with E-state index in [1.165, 1.54) is 7.05 Å². The lowest BCUT2D eigenvalue weighted by Gasteiger charge is -2.26. The van der Waals surface area contributed by atoms with Gasteiger partial charge in [0, 0.05) is 7.05 Å². The molecule has 0 unspecified atom stereocenters. The first-order valence-electron chi connectivity index (χ1n) is 4.35. The Morgan fingerprint density at radius 3 is 2.43 bits per heavy atom. The smallest absolute Gasteiger partial charge is 0.338 e. The molecule has 0 saturated heterocycles. The van der Waals surface area contributed by atoms with E-state index in [0.717, 1.165) is 11.0 Å². The molecule has 1 rings (SSSR count). The molecule has 4 heteroatoms. The highest BCUT2D eigenvalue weighted by Crippen LogP contribution is 2.32. The first-order valence-corrected chi connectivity index (χ1v) is 4.35. The predicted molar refractivity (Wildman–Crippen MR) is 48.4 cm³/mol. The zero-order valence-corrected chi connectivity index (χ0v) is 8.37. The summed E-state index contributed by atoms with van der Waals surface area (Å²) in [7, 11) is 1.40. The Labute approximate surface area is 81.2 Å². The van der Waals surface area contributed by atoms with Gasteiger partial charge in [-0.25, -0.2) is 0 Å². The standard InChI is InChI=1S/C10H12F3N/c1-4-8-5-7(2)14(3)9(6-8)10(11,12)13/h6H,4H2,1-3H3. The summed E-state index contributed by atoms with van der Waals surface area (Å²) in [5, 5.41) is 0. The van der Waals surface area contributed by atoms with Crippen molar-refractivity contribution in [3.63, 3.8) is 0 Å². The summed E-state index contributed by atoms with van der Waals surface area (Å²) in [6, 6.07) is 0. The second kappa shape index (κ2) is 3.54. The molecule has 0 aromatic rings. The molecule has 0 radical (unpaired) electrons. The molecule has 0 atom stereocenters. The minimum atomic E-state index is -4.29. The van der Waals surface area contributed by atoms with Crippen LogP contribution in [-0.2, 0) is 0 Å². The van der Waals surface area contributed by atoms with E-state index in [-0.39, 0.29) is 0 Å². The van der Waals surface area contributed by atoms with E-state index in [1.807, 2.05) is 6.92 Å². The molecule has 1 heterocycles. The Kier molecular flexibility index (Phi) is 2.76. The maximum atomic E-state index is 12.5. The summed E-state index contributed by atoms with van der Waals surface area (Å²) in [6.07, 6.45) is -2.59. The van der Waals surface area contributed by atoms with E-state index in [1.54, 1.807) is 6.92 Å². The summed E-state index contributed by atoms with van der Waals surface area (Å²) in [5.41, 5.74) is 3.37. The normalized spacial score (nSPS) is 17.6. The van der Waals surface area contributed by atoms with Crippen LogP contribution in [0.1, 0.15) is 20.3 Å². The first kappa shape index (κ1) is 10.9. The Hall–Kier alpha value is -1.15. The van der Waals surface area contributed by atoms with Crippen LogP contribution in [-0.4, -0.2) is 18.1 Å². The topological polar surface area (TPSA) is 3.24 Å². The van der Waals surface area contributed by atoms with Crippen molar-refractivity contribution in [2.24, 2.45) is 0 Å². The summed E-state index contributed by atoms with van der Waals surface area (Å²) < 4.78 is 37.5. The summed E-state index contributed by atoms with van der Waals surface area (Å²) in [6.45, 7) is 3.43. The molecule has 1 aliphatic rings. The van der Waals surface area contributed by atoms with Crippen LogP contribution < -0.4 is 0 Å². The third-order valence-electron chi connectivity index (χ3n) is 2.19. The summed E-state index contributed by atoms with van der Waals surface area (Å²) in [5.74, 6) is 0. The highest BCUT2D eigenvalue weighted by Gasteiger charge is 2.37. The lowest BCUT2D eigenvalue weighted by molar-refractivity contribution is -0.107. The average Bonchev–Trinajstić information content (AvgIpc) is 2.07. The number of hydrogen-bond acceptors (Lipinski definition) is 1. The van der Waals surface area contributed by atoms with Crippen molar-refractivity contribution in [2.45, 2.75) is 26.4 Å². The zero-order valence-electron chi connectivity index (χ0n) is 8.37. The zero-order chi connectivity index (χ0) is 10.9. The molecule has 0 amide bonds. The third kappa shape index (κ3) is 2.02. The summed E-state index contributed by atoms with van der Waals surface area (Å²) >= 11 is 0. The minimum absolute atomic E-state index is 0.497. The fourth-order valence-corrected chi connectivity index (χ4v) is 1.26. The molecular formula is C10H12F3N. The van der Waals surface area contributed by atoms with Gasteiger partial charge in [-0.3, -0.25) is 0 Å². The second-order valence-electron chi connectivity index (χ2n) is 3.18. The largest absolute Gasteiger partial charge is 0.431 e. The lowest BCUT2D eigenvalue weighted by atomic mass is 10.1. The molecule has 0 bridgehead atoms. The van der Waals surface area contributed by atoms with Crippen molar-refractivity contribution in [1.82, 2.24) is 4.90 Å². The molecule has 0 aromatic heterocycles. The van der Waals surface area contributed by atoms with E-state index < -0.39 is 11.9 Å². The van der Waals surface area contributed by atoms with E-state index in [2.05, 4.69) is 5.73 Å². The monoisotopic (exact) mass is 203 g/mol. The molecule has 1 nitrogen and oxygen atoms in total. The maximum absolute atomic E-state index is 12.5. The van der Waals surface area contributed by atoms with Gasteiger partial charge in [0.25, 0.3) is 0 Å². The van der Waals surface area contributed by atoms with E-state index >= 15 is 0 Å². The van der Waals surface area contributed by atoms with Gasteiger partial charge in [0.1, 0.15) is 5.70 Å². The number of halogens is 3. The highest BCUT2D eigenvalue weighted by atomic mass is 19.4. The van der Waals surface area contributed by atoms with Crippen LogP contribution in [0.5, 0.6) is 0 Å². The van der Waals surface area contributed by atoms with Crippen molar-refractivity contribution in [2.75, 3.05) is 7.05 Å². The van der Waals surface area contributed by atoms with Crippen LogP contribution >= 0.6 is 0 Å². The number of rotatable bonds is 1. The van der Waals surface area contributed by atoms with Crippen LogP contribution in [0, 0.1) is 0 Å². The van der Waals surface area contributed by atoms with E-state index in [4.69, 9.17) is 0 Å². The van der Waals surface area contributed by atoms with E-state index in [0.29, 0.717) is 17.7 Å². The Balaban J connectivity index is 3.16. The molecule has 78 valence electrons. The van der Waals surface area contributed by atoms with Crippen molar-refractivity contribution in [1.29, 1.82) is 0 Å². The fourth-order valence-electron chi connectivity index (χ4n) is 1.26. The predicted octanol–water partition coefficient (Wildman–Crippen LogP) is 3.22. The lowest BCUT2D eigenvalue weighted by Crippen LogP contribution is -2.28. The SMILES string of the molecule is CCC1=C=C(C)N(C)C(C(F)(F)F)=C1. The van der Waals surface area contributed by atoms with Crippen LogP contribution in [0.4, 0.5) is 13.2 Å². The Bertz CT molecular complexity index is 330. The number of nitrogens with zero attached hydrogens (tertiary/aromatic N) is 1. The van der Waals surface area contributed by atoms with Gasteiger partial charge in [0.05, 0.1) is 5.70 Å². The van der Waals surface area contributed by atoms with Gasteiger partial charge in [-0.2, -0.15) is 13.2 Å². The van der Waals surface area contributed by atoms with Crippen molar-refractivity contribution < 1.29 is 13.2 Å². The average molecular weight is 203 g/mol. The molecule has 0 aliphatic carbocycles. The highest BCUT2D eigenvalue weighted by molar-refractivity contribution is 5.32.